The van der Waals surface area contributed by atoms with Crippen molar-refractivity contribution in [1.82, 2.24) is 14.7 Å². The smallest absolute Gasteiger partial charge is 0.180 e. The molecule has 2 saturated heterocycles. The predicted octanol–water partition coefficient (Wildman–Crippen LogP) is 3.40. The first-order valence-electron chi connectivity index (χ1n) is 9.33. The fourth-order valence-corrected chi connectivity index (χ4v) is 4.97. The predicted molar refractivity (Wildman–Crippen MR) is 108 cm³/mol. The number of rotatable bonds is 4. The molecule has 0 bridgehead atoms. The third-order valence-corrected chi connectivity index (χ3v) is 6.59. The van der Waals surface area contributed by atoms with Crippen LogP contribution >= 0.6 is 23.1 Å². The van der Waals surface area contributed by atoms with E-state index in [4.69, 9.17) is 20.7 Å². The summed E-state index contributed by atoms with van der Waals surface area (Å²) in [6.45, 7) is 4.95. The van der Waals surface area contributed by atoms with Crippen LogP contribution in [-0.2, 0) is 9.53 Å². The summed E-state index contributed by atoms with van der Waals surface area (Å²) in [5.74, 6) is 1.22. The quantitative estimate of drug-likeness (QED) is 0.810. The first-order valence-corrected chi connectivity index (χ1v) is 10.5. The summed E-state index contributed by atoms with van der Waals surface area (Å²) in [6, 6.07) is 1.67. The van der Waals surface area contributed by atoms with Gasteiger partial charge >= 0.3 is 0 Å². The van der Waals surface area contributed by atoms with Gasteiger partial charge in [0.2, 0.25) is 0 Å². The number of hydrogen-bond acceptors (Lipinski definition) is 7. The molecule has 4 rings (SSSR count). The molecule has 0 unspecified atom stereocenters. The van der Waals surface area contributed by atoms with Crippen molar-refractivity contribution in [2.24, 2.45) is 0 Å². The van der Waals surface area contributed by atoms with Crippen LogP contribution in [0.2, 0.25) is 5.02 Å². The Labute approximate surface area is 167 Å². The van der Waals surface area contributed by atoms with E-state index in [1.54, 1.807) is 6.20 Å². The lowest BCUT2D eigenvalue weighted by atomic mass is 9.91. The van der Waals surface area contributed by atoms with E-state index in [1.807, 2.05) is 6.07 Å². The van der Waals surface area contributed by atoms with Gasteiger partial charge in [-0.05, 0) is 62.4 Å². The number of nitrogens with zero attached hydrogens (tertiary/aromatic N) is 2. The molecular weight excluding hydrogens is 384 g/mol. The molecule has 0 radical (unpaired) electrons. The second kappa shape index (κ2) is 8.22. The number of carbonyl (C=O) groups is 1. The first kappa shape index (κ1) is 18.8. The molecule has 0 amide bonds. The number of ether oxygens (including phenoxy) is 1. The molecule has 0 aromatic carbocycles. The maximum absolute atomic E-state index is 12.0. The van der Waals surface area contributed by atoms with E-state index in [0.717, 1.165) is 36.4 Å². The number of ketones is 1. The van der Waals surface area contributed by atoms with Crippen LogP contribution in [0.15, 0.2) is 12.3 Å². The lowest BCUT2D eigenvalue weighted by Crippen LogP contribution is -2.38. The van der Waals surface area contributed by atoms with E-state index in [9.17, 15) is 4.79 Å². The standard InChI is InChI=1S/C19H23ClN4O2S/c1-11-18(12-2-5-21-6-3-12)24-27-19(11)13-8-17(22-9-14(13)20)23-15-4-7-26-10-16(15)25/h8-9,12,15,21H,2-7,10H2,1H3,(H,22,23)/t15-/m1/s1. The maximum Gasteiger partial charge on any atom is 0.180 e. The van der Waals surface area contributed by atoms with Crippen molar-refractivity contribution in [3.63, 3.8) is 0 Å². The van der Waals surface area contributed by atoms with Crippen molar-refractivity contribution in [1.29, 1.82) is 0 Å². The van der Waals surface area contributed by atoms with Gasteiger partial charge in [0.15, 0.2) is 5.78 Å². The van der Waals surface area contributed by atoms with Gasteiger partial charge in [0, 0.05) is 24.3 Å². The normalized spacial score (nSPS) is 21.4. The van der Waals surface area contributed by atoms with Crippen molar-refractivity contribution >= 4 is 34.7 Å². The SMILES string of the molecule is Cc1c(C2CCNCC2)nsc1-c1cc(N[C@@H]2CCOCC2=O)ncc1Cl. The van der Waals surface area contributed by atoms with Gasteiger partial charge in [0.1, 0.15) is 12.4 Å². The van der Waals surface area contributed by atoms with Gasteiger partial charge in [0.25, 0.3) is 0 Å². The summed E-state index contributed by atoms with van der Waals surface area (Å²) in [5.41, 5.74) is 3.32. The van der Waals surface area contributed by atoms with Crippen molar-refractivity contribution in [3.05, 3.63) is 28.5 Å². The highest BCUT2D eigenvalue weighted by Crippen LogP contribution is 2.39. The van der Waals surface area contributed by atoms with Crippen LogP contribution in [-0.4, -0.2) is 47.5 Å². The van der Waals surface area contributed by atoms with Crippen molar-refractivity contribution in [2.75, 3.05) is 31.6 Å². The van der Waals surface area contributed by atoms with Crippen LogP contribution in [0, 0.1) is 6.92 Å². The topological polar surface area (TPSA) is 76.1 Å². The molecule has 8 heteroatoms. The molecule has 4 heterocycles. The van der Waals surface area contributed by atoms with E-state index in [1.165, 1.54) is 22.8 Å². The third kappa shape index (κ3) is 4.01. The summed E-state index contributed by atoms with van der Waals surface area (Å²) in [6.07, 6.45) is 4.53. The monoisotopic (exact) mass is 406 g/mol. The minimum Gasteiger partial charge on any atom is -0.374 e. The summed E-state index contributed by atoms with van der Waals surface area (Å²) >= 11 is 7.96. The zero-order valence-electron chi connectivity index (χ0n) is 15.3. The highest BCUT2D eigenvalue weighted by Gasteiger charge is 2.25. The molecule has 6 nitrogen and oxygen atoms in total. The molecule has 0 spiro atoms. The number of nitrogens with one attached hydrogen (secondary N) is 2. The van der Waals surface area contributed by atoms with E-state index in [0.29, 0.717) is 29.8 Å². The number of anilines is 1. The van der Waals surface area contributed by atoms with Gasteiger partial charge in [0.05, 0.1) is 21.6 Å². The van der Waals surface area contributed by atoms with Crippen LogP contribution in [0.25, 0.3) is 10.4 Å². The van der Waals surface area contributed by atoms with Gasteiger partial charge in [-0.1, -0.05) is 11.6 Å². The fourth-order valence-electron chi connectivity index (χ4n) is 3.73. The highest BCUT2D eigenvalue weighted by molar-refractivity contribution is 7.10. The average Bonchev–Trinajstić information content (AvgIpc) is 3.07. The number of Topliss-reactive ketones (excluding diaryl/α,β-unsaturated/α-hetero) is 1. The summed E-state index contributed by atoms with van der Waals surface area (Å²) in [4.78, 5) is 17.4. The summed E-state index contributed by atoms with van der Waals surface area (Å²) < 4.78 is 9.95. The van der Waals surface area contributed by atoms with Gasteiger partial charge in [-0.25, -0.2) is 4.98 Å². The molecule has 0 saturated carbocycles. The molecular formula is C19H23ClN4O2S. The molecule has 2 fully saturated rings. The molecule has 1 atom stereocenters. The van der Waals surface area contributed by atoms with Crippen molar-refractivity contribution in [2.45, 2.75) is 38.1 Å². The minimum atomic E-state index is -0.256. The van der Waals surface area contributed by atoms with Gasteiger partial charge in [-0.3, -0.25) is 4.79 Å². The molecule has 2 aliphatic heterocycles. The Morgan fingerprint density at radius 3 is 2.93 bits per heavy atom. The average molecular weight is 407 g/mol. The lowest BCUT2D eigenvalue weighted by Gasteiger charge is -2.22. The third-order valence-electron chi connectivity index (χ3n) is 5.29. The largest absolute Gasteiger partial charge is 0.374 e. The van der Waals surface area contributed by atoms with E-state index in [-0.39, 0.29) is 18.4 Å². The molecule has 2 N–H and O–H groups in total. The van der Waals surface area contributed by atoms with Crippen LogP contribution in [0.1, 0.15) is 36.4 Å². The number of hydrogen-bond donors (Lipinski definition) is 2. The van der Waals surface area contributed by atoms with Gasteiger partial charge in [-0.2, -0.15) is 4.37 Å². The molecule has 144 valence electrons. The minimum absolute atomic E-state index is 0.0571. The van der Waals surface area contributed by atoms with Gasteiger partial charge in [-0.15, -0.1) is 0 Å². The summed E-state index contributed by atoms with van der Waals surface area (Å²) in [5, 5.41) is 7.24. The maximum atomic E-state index is 12.0. The van der Waals surface area contributed by atoms with Crippen molar-refractivity contribution in [3.8, 4) is 10.4 Å². The van der Waals surface area contributed by atoms with E-state index in [2.05, 4.69) is 22.5 Å². The Hall–Kier alpha value is -1.54. The highest BCUT2D eigenvalue weighted by atomic mass is 35.5. The molecule has 2 aromatic rings. The van der Waals surface area contributed by atoms with E-state index < -0.39 is 0 Å². The fraction of sp³-hybridized carbons (Fsp3) is 0.526. The number of carbonyl (C=O) groups excluding carboxylic acids is 1. The van der Waals surface area contributed by atoms with Crippen molar-refractivity contribution < 1.29 is 9.53 Å². The first-order chi connectivity index (χ1) is 13.1. The Morgan fingerprint density at radius 2 is 2.15 bits per heavy atom. The van der Waals surface area contributed by atoms with E-state index >= 15 is 0 Å². The number of aromatic nitrogens is 2. The molecule has 2 aliphatic rings. The Kier molecular flexibility index (Phi) is 5.73. The zero-order chi connectivity index (χ0) is 18.8. The Balaban J connectivity index is 1.60. The number of piperidine rings is 1. The van der Waals surface area contributed by atoms with Crippen LogP contribution in [0.5, 0.6) is 0 Å². The van der Waals surface area contributed by atoms with Crippen LogP contribution < -0.4 is 10.6 Å². The second-order valence-corrected chi connectivity index (χ2v) is 8.28. The zero-order valence-corrected chi connectivity index (χ0v) is 16.8. The van der Waals surface area contributed by atoms with Crippen LogP contribution in [0.4, 0.5) is 5.82 Å². The lowest BCUT2D eigenvalue weighted by molar-refractivity contribution is -0.128. The molecule has 27 heavy (non-hydrogen) atoms. The second-order valence-electron chi connectivity index (χ2n) is 7.10. The molecule has 2 aromatic heterocycles. The number of halogens is 1. The summed E-state index contributed by atoms with van der Waals surface area (Å²) in [7, 11) is 0. The Morgan fingerprint density at radius 1 is 1.33 bits per heavy atom. The number of pyridine rings is 1. The van der Waals surface area contributed by atoms with Crippen LogP contribution in [0.3, 0.4) is 0 Å². The van der Waals surface area contributed by atoms with Gasteiger partial charge < -0.3 is 15.4 Å². The Bertz CT molecular complexity index is 835. The molecule has 0 aliphatic carbocycles.